The van der Waals surface area contributed by atoms with E-state index in [1.165, 1.54) is 0 Å². The van der Waals surface area contributed by atoms with E-state index in [2.05, 4.69) is 15.5 Å². The van der Waals surface area contributed by atoms with Crippen molar-refractivity contribution in [2.24, 2.45) is 0 Å². The Labute approximate surface area is 116 Å². The first-order valence-electron chi connectivity index (χ1n) is 6.21. The van der Waals surface area contributed by atoms with Gasteiger partial charge >= 0.3 is 0 Å². The normalized spacial score (nSPS) is 17.5. The van der Waals surface area contributed by atoms with Gasteiger partial charge in [-0.15, -0.1) is 5.10 Å². The Bertz CT molecular complexity index is 586. The number of benzene rings is 1. The molecule has 1 unspecified atom stereocenters. The lowest BCUT2D eigenvalue weighted by atomic mass is 10.0. The van der Waals surface area contributed by atoms with E-state index < -0.39 is 0 Å². The largest absolute Gasteiger partial charge is 0.493 e. The number of nitrogens with one attached hydrogen (secondary N) is 1. The van der Waals surface area contributed by atoms with E-state index in [1.54, 1.807) is 0 Å². The molecule has 0 saturated carbocycles. The quantitative estimate of drug-likeness (QED) is 0.913. The monoisotopic (exact) mass is 275 g/mol. The van der Waals surface area contributed by atoms with Gasteiger partial charge in [-0.2, -0.15) is 5.10 Å². The molecule has 19 heavy (non-hydrogen) atoms. The summed E-state index contributed by atoms with van der Waals surface area (Å²) in [5, 5.41) is 12.3. The van der Waals surface area contributed by atoms with Gasteiger partial charge in [-0.1, -0.05) is 11.6 Å². The second-order valence-corrected chi connectivity index (χ2v) is 5.01. The Morgan fingerprint density at radius 2 is 2.16 bits per heavy atom. The number of hydrogen-bond donors (Lipinski definition) is 1. The molecule has 0 saturated heterocycles. The third-order valence-corrected chi connectivity index (χ3v) is 3.37. The smallest absolute Gasteiger partial charge is 0.149 e. The molecule has 0 spiro atoms. The fourth-order valence-corrected chi connectivity index (χ4v) is 2.35. The molecular weight excluding hydrogens is 262 g/mol. The molecule has 1 aromatic heterocycles. The molecule has 5 heteroatoms. The van der Waals surface area contributed by atoms with Gasteiger partial charge in [0.2, 0.25) is 0 Å². The molecular formula is C14H14ClN3O. The molecule has 2 heterocycles. The summed E-state index contributed by atoms with van der Waals surface area (Å²) in [6.45, 7) is 2.60. The van der Waals surface area contributed by atoms with Gasteiger partial charge < -0.3 is 10.1 Å². The highest BCUT2D eigenvalue weighted by molar-refractivity contribution is 6.30. The molecule has 1 aliphatic rings. The van der Waals surface area contributed by atoms with Crippen LogP contribution in [0.2, 0.25) is 5.02 Å². The number of aromatic nitrogens is 2. The first kappa shape index (κ1) is 12.2. The number of ether oxygens (including phenoxy) is 1. The molecule has 4 nitrogen and oxygen atoms in total. The SMILES string of the molecule is Cc1ccc(NC2CCOc3ccc(Cl)cc32)nn1. The van der Waals surface area contributed by atoms with Gasteiger partial charge in [0.15, 0.2) is 0 Å². The third kappa shape index (κ3) is 2.63. The van der Waals surface area contributed by atoms with Crippen LogP contribution < -0.4 is 10.1 Å². The van der Waals surface area contributed by atoms with E-state index in [-0.39, 0.29) is 6.04 Å². The zero-order valence-corrected chi connectivity index (χ0v) is 11.3. The highest BCUT2D eigenvalue weighted by Crippen LogP contribution is 2.35. The second-order valence-electron chi connectivity index (χ2n) is 4.58. The molecule has 0 fully saturated rings. The Kier molecular flexibility index (Phi) is 3.25. The number of nitrogens with zero attached hydrogens (tertiary/aromatic N) is 2. The Balaban J connectivity index is 1.87. The summed E-state index contributed by atoms with van der Waals surface area (Å²) >= 11 is 6.05. The maximum atomic E-state index is 6.05. The molecule has 2 aromatic rings. The minimum atomic E-state index is 0.152. The molecule has 1 aliphatic heterocycles. The van der Waals surface area contributed by atoms with Crippen molar-refractivity contribution in [1.82, 2.24) is 10.2 Å². The van der Waals surface area contributed by atoms with Crippen LogP contribution in [0.4, 0.5) is 5.82 Å². The molecule has 1 aromatic carbocycles. The van der Waals surface area contributed by atoms with Crippen molar-refractivity contribution in [2.45, 2.75) is 19.4 Å². The van der Waals surface area contributed by atoms with Gasteiger partial charge in [-0.05, 0) is 37.3 Å². The third-order valence-electron chi connectivity index (χ3n) is 3.13. The fourth-order valence-electron chi connectivity index (χ4n) is 2.17. The molecule has 0 aliphatic carbocycles. The summed E-state index contributed by atoms with van der Waals surface area (Å²) in [5.74, 6) is 1.65. The lowest BCUT2D eigenvalue weighted by molar-refractivity contribution is 0.274. The van der Waals surface area contributed by atoms with E-state index in [4.69, 9.17) is 16.3 Å². The minimum Gasteiger partial charge on any atom is -0.493 e. The van der Waals surface area contributed by atoms with Crippen molar-refractivity contribution in [3.05, 3.63) is 46.6 Å². The molecule has 0 radical (unpaired) electrons. The van der Waals surface area contributed by atoms with Crippen molar-refractivity contribution >= 4 is 17.4 Å². The highest BCUT2D eigenvalue weighted by Gasteiger charge is 2.22. The fraction of sp³-hybridized carbons (Fsp3) is 0.286. The van der Waals surface area contributed by atoms with Crippen LogP contribution in [0.25, 0.3) is 0 Å². The van der Waals surface area contributed by atoms with Crippen molar-refractivity contribution in [2.75, 3.05) is 11.9 Å². The van der Waals surface area contributed by atoms with Crippen LogP contribution in [-0.4, -0.2) is 16.8 Å². The number of anilines is 1. The topological polar surface area (TPSA) is 47.0 Å². The van der Waals surface area contributed by atoms with E-state index in [0.29, 0.717) is 11.6 Å². The summed E-state index contributed by atoms with van der Waals surface area (Å²) in [6.07, 6.45) is 0.878. The van der Waals surface area contributed by atoms with Gasteiger partial charge in [0.25, 0.3) is 0 Å². The molecule has 0 amide bonds. The van der Waals surface area contributed by atoms with Gasteiger partial charge in [0.1, 0.15) is 11.6 Å². The van der Waals surface area contributed by atoms with Crippen molar-refractivity contribution in [3.63, 3.8) is 0 Å². The van der Waals surface area contributed by atoms with Crippen LogP contribution in [0, 0.1) is 6.92 Å². The zero-order chi connectivity index (χ0) is 13.2. The summed E-state index contributed by atoms with van der Waals surface area (Å²) in [7, 11) is 0. The summed E-state index contributed by atoms with van der Waals surface area (Å²) < 4.78 is 5.63. The minimum absolute atomic E-state index is 0.152. The first-order valence-corrected chi connectivity index (χ1v) is 6.59. The zero-order valence-electron chi connectivity index (χ0n) is 10.6. The first-order chi connectivity index (χ1) is 9.22. The van der Waals surface area contributed by atoms with Crippen LogP contribution in [0.1, 0.15) is 23.7 Å². The molecule has 98 valence electrons. The maximum absolute atomic E-state index is 6.05. The lowest BCUT2D eigenvalue weighted by Gasteiger charge is -2.27. The predicted molar refractivity (Wildman–Crippen MR) is 74.7 cm³/mol. The number of hydrogen-bond acceptors (Lipinski definition) is 4. The summed E-state index contributed by atoms with van der Waals surface area (Å²) in [6, 6.07) is 9.71. The number of fused-ring (bicyclic) bond motifs is 1. The van der Waals surface area contributed by atoms with E-state index >= 15 is 0 Å². The number of rotatable bonds is 2. The summed E-state index contributed by atoms with van der Waals surface area (Å²) in [4.78, 5) is 0. The van der Waals surface area contributed by atoms with Crippen molar-refractivity contribution < 1.29 is 4.74 Å². The van der Waals surface area contributed by atoms with E-state index in [9.17, 15) is 0 Å². The lowest BCUT2D eigenvalue weighted by Crippen LogP contribution is -2.21. The Hall–Kier alpha value is -1.81. The van der Waals surface area contributed by atoms with Gasteiger partial charge in [-0.25, -0.2) is 0 Å². The Morgan fingerprint density at radius 1 is 1.26 bits per heavy atom. The standard InChI is InChI=1S/C14H14ClN3O/c1-9-2-5-14(18-17-9)16-12-6-7-19-13-4-3-10(15)8-11(12)13/h2-5,8,12H,6-7H2,1H3,(H,16,18). The predicted octanol–water partition coefficient (Wildman–Crippen LogP) is 3.37. The molecule has 0 bridgehead atoms. The van der Waals surface area contributed by atoms with Crippen LogP contribution in [0.3, 0.4) is 0 Å². The van der Waals surface area contributed by atoms with Crippen molar-refractivity contribution in [3.8, 4) is 5.75 Å². The molecule has 1 N–H and O–H groups in total. The molecule has 3 rings (SSSR count). The highest BCUT2D eigenvalue weighted by atomic mass is 35.5. The average molecular weight is 276 g/mol. The average Bonchev–Trinajstić information content (AvgIpc) is 2.42. The van der Waals surface area contributed by atoms with Gasteiger partial charge in [-0.3, -0.25) is 0 Å². The maximum Gasteiger partial charge on any atom is 0.149 e. The number of halogens is 1. The van der Waals surface area contributed by atoms with Crippen LogP contribution in [0.5, 0.6) is 5.75 Å². The summed E-state index contributed by atoms with van der Waals surface area (Å²) in [5.41, 5.74) is 1.97. The van der Waals surface area contributed by atoms with E-state index in [0.717, 1.165) is 29.2 Å². The number of aryl methyl sites for hydroxylation is 1. The van der Waals surface area contributed by atoms with E-state index in [1.807, 2.05) is 37.3 Å². The van der Waals surface area contributed by atoms with Gasteiger partial charge in [0.05, 0.1) is 18.3 Å². The van der Waals surface area contributed by atoms with Crippen LogP contribution in [-0.2, 0) is 0 Å². The van der Waals surface area contributed by atoms with Crippen LogP contribution >= 0.6 is 11.6 Å². The van der Waals surface area contributed by atoms with Crippen molar-refractivity contribution in [1.29, 1.82) is 0 Å². The van der Waals surface area contributed by atoms with Gasteiger partial charge in [0, 0.05) is 17.0 Å². The second kappa shape index (κ2) is 5.05. The van der Waals surface area contributed by atoms with Crippen LogP contribution in [0.15, 0.2) is 30.3 Å². The Morgan fingerprint density at radius 3 is 2.95 bits per heavy atom. The molecule has 1 atom stereocenters.